The second-order valence-electron chi connectivity index (χ2n) is 4.58. The minimum Gasteiger partial charge on any atom is -0.481 e. The van der Waals surface area contributed by atoms with Gasteiger partial charge in [0.15, 0.2) is 0 Å². The van der Waals surface area contributed by atoms with Crippen molar-refractivity contribution in [2.24, 2.45) is 5.41 Å². The van der Waals surface area contributed by atoms with Crippen LogP contribution in [0, 0.1) is 26.9 Å². The number of nitrogens with one attached hydrogen (secondary N) is 1. The van der Waals surface area contributed by atoms with Gasteiger partial charge in [-0.3, -0.25) is 14.9 Å². The van der Waals surface area contributed by atoms with E-state index in [1.54, 1.807) is 19.9 Å². The molecule has 1 aromatic heterocycles. The molecule has 1 aromatic rings. The van der Waals surface area contributed by atoms with Crippen molar-refractivity contribution in [3.63, 3.8) is 0 Å². The van der Waals surface area contributed by atoms with Crippen molar-refractivity contribution in [2.45, 2.75) is 26.7 Å². The number of carboxylic acid groups (broad SMARTS) is 1. The molecule has 0 bridgehead atoms. The Morgan fingerprint density at radius 3 is 2.57 bits per heavy atom. The van der Waals surface area contributed by atoms with Gasteiger partial charge in [0.1, 0.15) is 11.9 Å². The summed E-state index contributed by atoms with van der Waals surface area (Å²) in [6, 6.07) is 4.19. The van der Waals surface area contributed by atoms with Crippen LogP contribution in [0.15, 0.2) is 12.1 Å². The lowest BCUT2D eigenvalue weighted by atomic mass is 9.82. The minimum absolute atomic E-state index is 0.130. The highest BCUT2D eigenvalue weighted by atomic mass is 16.6. The molecule has 0 radical (unpaired) electrons. The van der Waals surface area contributed by atoms with Crippen LogP contribution in [-0.4, -0.2) is 27.5 Å². The number of carboxylic acids is 1. The largest absolute Gasteiger partial charge is 0.481 e. The van der Waals surface area contributed by atoms with Crippen molar-refractivity contribution in [3.05, 3.63) is 27.9 Å². The number of aliphatic carboxylic acids is 1. The van der Waals surface area contributed by atoms with E-state index in [2.05, 4.69) is 10.3 Å². The van der Waals surface area contributed by atoms with E-state index in [-0.39, 0.29) is 23.7 Å². The molecular weight excluding hydrogens is 276 g/mol. The van der Waals surface area contributed by atoms with Gasteiger partial charge >= 0.3 is 11.7 Å². The molecule has 0 saturated carbocycles. The quantitative estimate of drug-likeness (QED) is 0.581. The van der Waals surface area contributed by atoms with Crippen LogP contribution in [0.1, 0.15) is 32.4 Å². The Morgan fingerprint density at radius 1 is 1.52 bits per heavy atom. The molecule has 0 amide bonds. The maximum absolute atomic E-state index is 11.4. The number of nitrogens with zero attached hydrogens (tertiary/aromatic N) is 3. The van der Waals surface area contributed by atoms with Crippen LogP contribution in [0.3, 0.4) is 0 Å². The van der Waals surface area contributed by atoms with Gasteiger partial charge in [0.05, 0.1) is 10.3 Å². The standard InChI is InChI=1S/C13H16N4O4/c1-3-13(4-2,12(18)19)8-15-11-6-5-10(17(20)21)9(7-14)16-11/h5-6H,3-4,8H2,1-2H3,(H,15,16)(H,18,19). The Morgan fingerprint density at radius 2 is 2.14 bits per heavy atom. The van der Waals surface area contributed by atoms with Crippen LogP contribution in [-0.2, 0) is 4.79 Å². The molecule has 0 unspecified atom stereocenters. The monoisotopic (exact) mass is 292 g/mol. The smallest absolute Gasteiger partial charge is 0.311 e. The van der Waals surface area contributed by atoms with Crippen molar-refractivity contribution in [3.8, 4) is 6.07 Å². The highest BCUT2D eigenvalue weighted by Crippen LogP contribution is 2.27. The Hall–Kier alpha value is -2.69. The molecule has 21 heavy (non-hydrogen) atoms. The Labute approximate surface area is 121 Å². The molecule has 0 fully saturated rings. The summed E-state index contributed by atoms with van der Waals surface area (Å²) >= 11 is 0. The first-order valence-corrected chi connectivity index (χ1v) is 6.43. The Kier molecular flexibility index (Phi) is 5.18. The van der Waals surface area contributed by atoms with Gasteiger partial charge in [-0.15, -0.1) is 0 Å². The van der Waals surface area contributed by atoms with Crippen molar-refractivity contribution in [1.29, 1.82) is 5.26 Å². The summed E-state index contributed by atoms with van der Waals surface area (Å²) in [5.41, 5.74) is -1.62. The first-order valence-electron chi connectivity index (χ1n) is 6.43. The first-order chi connectivity index (χ1) is 9.90. The molecule has 1 rings (SSSR count). The molecular formula is C13H16N4O4. The molecule has 0 atom stereocenters. The SMILES string of the molecule is CCC(CC)(CNc1ccc([N+](=O)[O-])c(C#N)n1)C(=O)O. The maximum atomic E-state index is 11.4. The molecule has 2 N–H and O–H groups in total. The molecule has 112 valence electrons. The lowest BCUT2D eigenvalue weighted by Gasteiger charge is -2.27. The zero-order valence-corrected chi connectivity index (χ0v) is 11.8. The number of hydrogen-bond acceptors (Lipinski definition) is 6. The van der Waals surface area contributed by atoms with Crippen molar-refractivity contribution < 1.29 is 14.8 Å². The lowest BCUT2D eigenvalue weighted by Crippen LogP contribution is -2.37. The van der Waals surface area contributed by atoms with E-state index in [1.807, 2.05) is 0 Å². The number of aromatic nitrogens is 1. The number of carbonyl (C=O) groups is 1. The van der Waals surface area contributed by atoms with Crippen LogP contribution in [0.25, 0.3) is 0 Å². The summed E-state index contributed by atoms with van der Waals surface area (Å²) in [4.78, 5) is 25.2. The highest BCUT2D eigenvalue weighted by molar-refractivity contribution is 5.75. The summed E-state index contributed by atoms with van der Waals surface area (Å²) in [5.74, 6) is -0.674. The third-order valence-electron chi connectivity index (χ3n) is 3.59. The second kappa shape index (κ2) is 6.65. The van der Waals surface area contributed by atoms with Gasteiger partial charge in [0.2, 0.25) is 5.69 Å². The average molecular weight is 292 g/mol. The fraction of sp³-hybridized carbons (Fsp3) is 0.462. The number of anilines is 1. The second-order valence-corrected chi connectivity index (χ2v) is 4.58. The summed E-state index contributed by atoms with van der Waals surface area (Å²) in [5, 5.41) is 31.7. The summed E-state index contributed by atoms with van der Waals surface area (Å²) in [6.07, 6.45) is 0.869. The third kappa shape index (κ3) is 3.45. The van der Waals surface area contributed by atoms with Crippen LogP contribution in [0.5, 0.6) is 0 Å². The molecule has 0 saturated heterocycles. The number of pyridine rings is 1. The molecule has 8 heteroatoms. The van der Waals surface area contributed by atoms with Gasteiger partial charge < -0.3 is 10.4 Å². The van der Waals surface area contributed by atoms with Gasteiger partial charge in [0, 0.05) is 12.6 Å². The van der Waals surface area contributed by atoms with Crippen LogP contribution in [0.4, 0.5) is 11.5 Å². The topological polar surface area (TPSA) is 129 Å². The molecule has 8 nitrogen and oxygen atoms in total. The maximum Gasteiger partial charge on any atom is 0.311 e. The van der Waals surface area contributed by atoms with E-state index in [4.69, 9.17) is 5.26 Å². The van der Waals surface area contributed by atoms with Crippen LogP contribution >= 0.6 is 0 Å². The number of rotatable bonds is 7. The van der Waals surface area contributed by atoms with Gasteiger partial charge in [-0.05, 0) is 18.9 Å². The summed E-state index contributed by atoms with van der Waals surface area (Å²) in [7, 11) is 0. The fourth-order valence-electron chi connectivity index (χ4n) is 1.92. The van der Waals surface area contributed by atoms with Gasteiger partial charge in [0.25, 0.3) is 0 Å². The van der Waals surface area contributed by atoms with Gasteiger partial charge in [-0.2, -0.15) is 5.26 Å². The molecule has 0 aromatic carbocycles. The fourth-order valence-corrected chi connectivity index (χ4v) is 1.92. The summed E-state index contributed by atoms with van der Waals surface area (Å²) < 4.78 is 0. The predicted octanol–water partition coefficient (Wildman–Crippen LogP) is 2.16. The van der Waals surface area contributed by atoms with E-state index < -0.39 is 16.3 Å². The van der Waals surface area contributed by atoms with E-state index in [0.29, 0.717) is 12.8 Å². The summed E-state index contributed by atoms with van der Waals surface area (Å²) in [6.45, 7) is 3.69. The molecule has 0 aliphatic rings. The molecule has 0 aliphatic carbocycles. The molecule has 0 aliphatic heterocycles. The van der Waals surface area contributed by atoms with Gasteiger partial charge in [-0.1, -0.05) is 13.8 Å². The van der Waals surface area contributed by atoms with Crippen molar-refractivity contribution in [1.82, 2.24) is 4.98 Å². The normalized spacial score (nSPS) is 10.7. The Balaban J connectivity index is 2.97. The highest BCUT2D eigenvalue weighted by Gasteiger charge is 2.34. The molecule has 0 spiro atoms. The van der Waals surface area contributed by atoms with E-state index in [1.165, 1.54) is 12.1 Å². The van der Waals surface area contributed by atoms with Crippen LogP contribution in [0.2, 0.25) is 0 Å². The van der Waals surface area contributed by atoms with Crippen molar-refractivity contribution in [2.75, 3.05) is 11.9 Å². The average Bonchev–Trinajstić information content (AvgIpc) is 2.48. The van der Waals surface area contributed by atoms with E-state index in [0.717, 1.165) is 0 Å². The first kappa shape index (κ1) is 16.4. The molecule has 1 heterocycles. The zero-order chi connectivity index (χ0) is 16.0. The lowest BCUT2D eigenvalue weighted by molar-refractivity contribution is -0.385. The predicted molar refractivity (Wildman–Crippen MR) is 74.7 cm³/mol. The number of nitriles is 1. The Bertz CT molecular complexity index is 590. The van der Waals surface area contributed by atoms with E-state index in [9.17, 15) is 20.0 Å². The van der Waals surface area contributed by atoms with Gasteiger partial charge in [-0.25, -0.2) is 4.98 Å². The zero-order valence-electron chi connectivity index (χ0n) is 11.8. The third-order valence-corrected chi connectivity index (χ3v) is 3.59. The van der Waals surface area contributed by atoms with Crippen molar-refractivity contribution >= 4 is 17.5 Å². The van der Waals surface area contributed by atoms with Crippen LogP contribution < -0.4 is 5.32 Å². The number of nitro groups is 1. The number of hydrogen-bond donors (Lipinski definition) is 2. The minimum atomic E-state index is -0.934. The van der Waals surface area contributed by atoms with E-state index >= 15 is 0 Å².